The molecule has 3 rings (SSSR count). The lowest BCUT2D eigenvalue weighted by Gasteiger charge is -2.08. The summed E-state index contributed by atoms with van der Waals surface area (Å²) < 4.78 is 8.30. The number of para-hydroxylation sites is 3. The van der Waals surface area contributed by atoms with Crippen molar-refractivity contribution in [2.24, 2.45) is 0 Å². The second-order valence-electron chi connectivity index (χ2n) is 6.51. The maximum Gasteiger partial charge on any atom is 0.329 e. The number of nitrogens with zero attached hydrogens (tertiary/aromatic N) is 2. The Labute approximate surface area is 172 Å². The van der Waals surface area contributed by atoms with E-state index in [1.807, 2.05) is 31.2 Å². The normalized spacial score (nSPS) is 10.8. The van der Waals surface area contributed by atoms with Gasteiger partial charge in [-0.2, -0.15) is 0 Å². The van der Waals surface area contributed by atoms with Gasteiger partial charge in [0.15, 0.2) is 6.61 Å². The molecule has 0 aliphatic heterocycles. The molecular formula is C21H22ClN3O4. The zero-order valence-corrected chi connectivity index (χ0v) is 16.8. The summed E-state index contributed by atoms with van der Waals surface area (Å²) in [4.78, 5) is 36.7. The molecular weight excluding hydrogens is 394 g/mol. The van der Waals surface area contributed by atoms with Crippen LogP contribution in [0.3, 0.4) is 0 Å². The summed E-state index contributed by atoms with van der Waals surface area (Å²) >= 11 is 5.98. The van der Waals surface area contributed by atoms with Gasteiger partial charge in [0.2, 0.25) is 0 Å². The number of benzene rings is 2. The SMILES string of the molecule is CCCn1c(=O)n(CCC(=O)OCC(=O)Nc2ccccc2Cl)c2ccccc21. The molecule has 1 heterocycles. The third-order valence-electron chi connectivity index (χ3n) is 4.42. The number of halogens is 1. The number of hydrogen-bond acceptors (Lipinski definition) is 4. The van der Waals surface area contributed by atoms with Crippen LogP contribution in [0.25, 0.3) is 11.0 Å². The second-order valence-corrected chi connectivity index (χ2v) is 6.92. The van der Waals surface area contributed by atoms with Crippen LogP contribution >= 0.6 is 11.6 Å². The highest BCUT2D eigenvalue weighted by Gasteiger charge is 2.14. The average Bonchev–Trinajstić information content (AvgIpc) is 2.98. The zero-order valence-electron chi connectivity index (χ0n) is 16.1. The van der Waals surface area contributed by atoms with Crippen LogP contribution < -0.4 is 11.0 Å². The third-order valence-corrected chi connectivity index (χ3v) is 4.75. The minimum absolute atomic E-state index is 0.0145. The average molecular weight is 416 g/mol. The van der Waals surface area contributed by atoms with Crippen molar-refractivity contribution in [3.8, 4) is 0 Å². The van der Waals surface area contributed by atoms with Crippen LogP contribution in [0.15, 0.2) is 53.3 Å². The number of ether oxygens (including phenoxy) is 1. The van der Waals surface area contributed by atoms with Gasteiger partial charge in [0.25, 0.3) is 5.91 Å². The Morgan fingerprint density at radius 3 is 2.28 bits per heavy atom. The first-order valence-electron chi connectivity index (χ1n) is 9.39. The third kappa shape index (κ3) is 4.86. The quantitative estimate of drug-likeness (QED) is 0.571. The fraction of sp³-hybridized carbons (Fsp3) is 0.286. The number of nitrogens with one attached hydrogen (secondary N) is 1. The highest BCUT2D eigenvalue weighted by atomic mass is 35.5. The van der Waals surface area contributed by atoms with Crippen LogP contribution in [0.2, 0.25) is 5.02 Å². The minimum atomic E-state index is -0.557. The molecule has 0 spiro atoms. The van der Waals surface area contributed by atoms with Gasteiger partial charge < -0.3 is 10.1 Å². The van der Waals surface area contributed by atoms with Gasteiger partial charge in [0.1, 0.15) is 0 Å². The predicted octanol–water partition coefficient (Wildman–Crippen LogP) is 3.44. The molecule has 7 nitrogen and oxygen atoms in total. The molecule has 1 aromatic heterocycles. The standard InChI is InChI=1S/C21H22ClN3O4/c1-2-12-24-17-9-5-6-10-18(17)25(21(24)28)13-11-20(27)29-14-19(26)23-16-8-4-3-7-15(16)22/h3-10H,2,11-14H2,1H3,(H,23,26). The van der Waals surface area contributed by atoms with Gasteiger partial charge in [-0.15, -0.1) is 0 Å². The summed E-state index contributed by atoms with van der Waals surface area (Å²) in [5.74, 6) is -1.04. The molecule has 3 aromatic rings. The lowest BCUT2D eigenvalue weighted by molar-refractivity contribution is -0.147. The molecule has 0 radical (unpaired) electrons. The molecule has 1 N–H and O–H groups in total. The summed E-state index contributed by atoms with van der Waals surface area (Å²) in [5, 5.41) is 2.98. The Bertz CT molecular complexity index is 1090. The molecule has 0 unspecified atom stereocenters. The number of anilines is 1. The van der Waals surface area contributed by atoms with E-state index in [4.69, 9.17) is 16.3 Å². The van der Waals surface area contributed by atoms with Crippen molar-refractivity contribution in [2.75, 3.05) is 11.9 Å². The Kier molecular flexibility index (Phi) is 6.72. The molecule has 0 aliphatic carbocycles. The van der Waals surface area contributed by atoms with Crippen LogP contribution in [-0.2, 0) is 27.4 Å². The van der Waals surface area contributed by atoms with E-state index in [1.165, 1.54) is 0 Å². The predicted molar refractivity (Wildman–Crippen MR) is 112 cm³/mol. The van der Waals surface area contributed by atoms with Gasteiger partial charge >= 0.3 is 11.7 Å². The van der Waals surface area contributed by atoms with Gasteiger partial charge in [-0.3, -0.25) is 18.7 Å². The number of carbonyl (C=O) groups excluding carboxylic acids is 2. The summed E-state index contributed by atoms with van der Waals surface area (Å²) in [6.45, 7) is 2.38. The Morgan fingerprint density at radius 1 is 1.00 bits per heavy atom. The van der Waals surface area contributed by atoms with Gasteiger partial charge in [-0.25, -0.2) is 4.79 Å². The molecule has 0 saturated heterocycles. The maximum absolute atomic E-state index is 12.7. The van der Waals surface area contributed by atoms with Crippen LogP contribution in [-0.4, -0.2) is 27.6 Å². The largest absolute Gasteiger partial charge is 0.456 e. The monoisotopic (exact) mass is 415 g/mol. The lowest BCUT2D eigenvalue weighted by atomic mass is 10.3. The number of aryl methyl sites for hydroxylation is 2. The Balaban J connectivity index is 1.58. The molecule has 0 atom stereocenters. The number of rotatable bonds is 8. The number of carbonyl (C=O) groups is 2. The molecule has 29 heavy (non-hydrogen) atoms. The molecule has 0 fully saturated rings. The first-order valence-corrected chi connectivity index (χ1v) is 9.77. The van der Waals surface area contributed by atoms with Gasteiger partial charge in [-0.05, 0) is 30.7 Å². The highest BCUT2D eigenvalue weighted by molar-refractivity contribution is 6.33. The van der Waals surface area contributed by atoms with Crippen molar-refractivity contribution in [1.29, 1.82) is 0 Å². The number of esters is 1. The fourth-order valence-electron chi connectivity index (χ4n) is 3.10. The second kappa shape index (κ2) is 9.43. The number of fused-ring (bicyclic) bond motifs is 1. The number of amides is 1. The number of aromatic nitrogens is 2. The van der Waals surface area contributed by atoms with Gasteiger partial charge in [0.05, 0.1) is 28.2 Å². The van der Waals surface area contributed by atoms with E-state index in [0.717, 1.165) is 17.5 Å². The molecule has 8 heteroatoms. The molecule has 2 aromatic carbocycles. The first-order chi connectivity index (χ1) is 14.0. The van der Waals surface area contributed by atoms with Crippen LogP contribution in [0.4, 0.5) is 5.69 Å². The molecule has 0 aliphatic rings. The van der Waals surface area contributed by atoms with Crippen molar-refractivity contribution in [2.45, 2.75) is 32.9 Å². The van der Waals surface area contributed by atoms with Crippen LogP contribution in [0.1, 0.15) is 19.8 Å². The summed E-state index contributed by atoms with van der Waals surface area (Å²) in [6, 6.07) is 14.3. The van der Waals surface area contributed by atoms with E-state index in [9.17, 15) is 14.4 Å². The van der Waals surface area contributed by atoms with Gasteiger partial charge in [-0.1, -0.05) is 42.8 Å². The van der Waals surface area contributed by atoms with Gasteiger partial charge in [0, 0.05) is 13.1 Å². The Hall–Kier alpha value is -3.06. The number of imidazole rings is 1. The van der Waals surface area contributed by atoms with Crippen molar-refractivity contribution in [3.05, 3.63) is 64.0 Å². The van der Waals surface area contributed by atoms with Crippen LogP contribution in [0.5, 0.6) is 0 Å². The highest BCUT2D eigenvalue weighted by Crippen LogP contribution is 2.20. The lowest BCUT2D eigenvalue weighted by Crippen LogP contribution is -2.26. The van der Waals surface area contributed by atoms with E-state index >= 15 is 0 Å². The topological polar surface area (TPSA) is 82.3 Å². The zero-order chi connectivity index (χ0) is 20.8. The van der Waals surface area contributed by atoms with E-state index in [0.29, 0.717) is 17.3 Å². The first kappa shape index (κ1) is 20.7. The van der Waals surface area contributed by atoms with Crippen molar-refractivity contribution < 1.29 is 14.3 Å². The van der Waals surface area contributed by atoms with Crippen molar-refractivity contribution in [1.82, 2.24) is 9.13 Å². The summed E-state index contributed by atoms with van der Waals surface area (Å²) in [7, 11) is 0. The summed E-state index contributed by atoms with van der Waals surface area (Å²) in [5.41, 5.74) is 1.91. The smallest absolute Gasteiger partial charge is 0.329 e. The van der Waals surface area contributed by atoms with Crippen LogP contribution in [0, 0.1) is 0 Å². The molecule has 1 amide bonds. The van der Waals surface area contributed by atoms with E-state index in [2.05, 4.69) is 5.32 Å². The minimum Gasteiger partial charge on any atom is -0.456 e. The van der Waals surface area contributed by atoms with Crippen molar-refractivity contribution >= 4 is 40.2 Å². The Morgan fingerprint density at radius 2 is 1.62 bits per heavy atom. The fourth-order valence-corrected chi connectivity index (χ4v) is 3.28. The summed E-state index contributed by atoms with van der Waals surface area (Å²) in [6.07, 6.45) is 0.815. The maximum atomic E-state index is 12.7. The van der Waals surface area contributed by atoms with Crippen molar-refractivity contribution in [3.63, 3.8) is 0 Å². The number of hydrogen-bond donors (Lipinski definition) is 1. The molecule has 152 valence electrons. The van der Waals surface area contributed by atoms with E-state index < -0.39 is 18.5 Å². The van der Waals surface area contributed by atoms with E-state index in [1.54, 1.807) is 33.4 Å². The van der Waals surface area contributed by atoms with E-state index in [-0.39, 0.29) is 18.7 Å². The molecule has 0 saturated carbocycles. The molecule has 0 bridgehead atoms.